The molecule has 0 aliphatic carbocycles. The number of nitrogens with one attached hydrogen (secondary N) is 1. The number of carbonyl (C=O) groups excluding carboxylic acids is 1. The topological polar surface area (TPSA) is 80.0 Å². The molecule has 0 bridgehead atoms. The minimum atomic E-state index is -0.234. The zero-order valence-corrected chi connectivity index (χ0v) is 19.1. The van der Waals surface area contributed by atoms with Crippen LogP contribution in [-0.4, -0.2) is 49.0 Å². The Balaban J connectivity index is 0.00000364. The summed E-state index contributed by atoms with van der Waals surface area (Å²) in [4.78, 5) is 18.2. The monoisotopic (exact) mass is 508 g/mol. The number of rotatable bonds is 7. The number of ether oxygens (including phenoxy) is 1. The zero-order chi connectivity index (χ0) is 18.9. The van der Waals surface area contributed by atoms with Gasteiger partial charge in [-0.2, -0.15) is 0 Å². The second-order valence-electron chi connectivity index (χ2n) is 6.71. The van der Waals surface area contributed by atoms with Crippen LogP contribution in [0.2, 0.25) is 5.02 Å². The number of nitrogens with zero attached hydrogens (tertiary/aromatic N) is 2. The van der Waals surface area contributed by atoms with E-state index >= 15 is 0 Å². The average molecular weight is 509 g/mol. The first-order valence-electron chi connectivity index (χ1n) is 9.21. The normalized spacial score (nSPS) is 18.4. The fourth-order valence-corrected chi connectivity index (χ4v) is 3.34. The van der Waals surface area contributed by atoms with E-state index in [1.165, 1.54) is 0 Å². The SMILES string of the molecule is CCNC(=NCC(C)Oc1cccc(Cl)c1)N1CCCC(CC(N)=O)C1.I. The summed E-state index contributed by atoms with van der Waals surface area (Å²) in [5.74, 6) is 1.67. The van der Waals surface area contributed by atoms with Crippen LogP contribution in [0.4, 0.5) is 0 Å². The minimum Gasteiger partial charge on any atom is -0.489 e. The lowest BCUT2D eigenvalue weighted by molar-refractivity contribution is -0.119. The van der Waals surface area contributed by atoms with E-state index in [2.05, 4.69) is 10.2 Å². The lowest BCUT2D eigenvalue weighted by Gasteiger charge is -2.34. The van der Waals surface area contributed by atoms with Crippen molar-refractivity contribution in [1.29, 1.82) is 0 Å². The molecule has 27 heavy (non-hydrogen) atoms. The third kappa shape index (κ3) is 8.55. The molecule has 1 heterocycles. The van der Waals surface area contributed by atoms with E-state index in [0.717, 1.165) is 44.2 Å². The van der Waals surface area contributed by atoms with Gasteiger partial charge in [0.15, 0.2) is 5.96 Å². The molecule has 1 saturated heterocycles. The van der Waals surface area contributed by atoms with Crippen LogP contribution in [0.15, 0.2) is 29.3 Å². The molecular formula is C19H30ClIN4O2. The molecule has 2 unspecified atom stereocenters. The molecule has 1 aliphatic heterocycles. The van der Waals surface area contributed by atoms with E-state index < -0.39 is 0 Å². The largest absolute Gasteiger partial charge is 0.489 e. The van der Waals surface area contributed by atoms with Gasteiger partial charge in [-0.05, 0) is 50.8 Å². The zero-order valence-electron chi connectivity index (χ0n) is 16.0. The van der Waals surface area contributed by atoms with Crippen LogP contribution in [0.3, 0.4) is 0 Å². The fourth-order valence-electron chi connectivity index (χ4n) is 3.16. The van der Waals surface area contributed by atoms with Crippen molar-refractivity contribution in [2.75, 3.05) is 26.2 Å². The highest BCUT2D eigenvalue weighted by Crippen LogP contribution is 2.20. The highest BCUT2D eigenvalue weighted by atomic mass is 127. The Kier molecular flexibility index (Phi) is 10.8. The van der Waals surface area contributed by atoms with Crippen molar-refractivity contribution in [2.24, 2.45) is 16.6 Å². The molecule has 0 saturated carbocycles. The molecule has 0 spiro atoms. The number of hydrogen-bond donors (Lipinski definition) is 2. The van der Waals surface area contributed by atoms with Gasteiger partial charge in [-0.1, -0.05) is 17.7 Å². The van der Waals surface area contributed by atoms with Gasteiger partial charge in [-0.3, -0.25) is 4.79 Å². The van der Waals surface area contributed by atoms with E-state index in [0.29, 0.717) is 23.9 Å². The first kappa shape index (κ1) is 23.8. The van der Waals surface area contributed by atoms with E-state index in [1.54, 1.807) is 6.07 Å². The molecule has 0 radical (unpaired) electrons. The van der Waals surface area contributed by atoms with Crippen LogP contribution in [0.1, 0.15) is 33.1 Å². The molecule has 1 aromatic rings. The van der Waals surface area contributed by atoms with Crippen LogP contribution in [-0.2, 0) is 4.79 Å². The Labute approximate surface area is 183 Å². The lowest BCUT2D eigenvalue weighted by atomic mass is 9.95. The quantitative estimate of drug-likeness (QED) is 0.337. The van der Waals surface area contributed by atoms with E-state index in [9.17, 15) is 4.79 Å². The number of hydrogen-bond acceptors (Lipinski definition) is 3. The Bertz CT molecular complexity index is 629. The predicted molar refractivity (Wildman–Crippen MR) is 121 cm³/mol. The van der Waals surface area contributed by atoms with Crippen molar-refractivity contribution in [3.63, 3.8) is 0 Å². The van der Waals surface area contributed by atoms with Gasteiger partial charge in [-0.15, -0.1) is 24.0 Å². The number of likely N-dealkylation sites (tertiary alicyclic amines) is 1. The second kappa shape index (κ2) is 12.3. The molecule has 152 valence electrons. The molecule has 1 aliphatic rings. The van der Waals surface area contributed by atoms with Crippen molar-refractivity contribution in [1.82, 2.24) is 10.2 Å². The predicted octanol–water partition coefficient (Wildman–Crippen LogP) is 3.28. The van der Waals surface area contributed by atoms with Gasteiger partial charge < -0.3 is 20.7 Å². The van der Waals surface area contributed by atoms with Crippen LogP contribution in [0.5, 0.6) is 5.75 Å². The smallest absolute Gasteiger partial charge is 0.217 e. The number of halogens is 2. The van der Waals surface area contributed by atoms with Crippen molar-refractivity contribution < 1.29 is 9.53 Å². The summed E-state index contributed by atoms with van der Waals surface area (Å²) in [6.45, 7) is 7.10. The fraction of sp³-hybridized carbons (Fsp3) is 0.579. The molecule has 2 atom stereocenters. The van der Waals surface area contributed by atoms with E-state index in [4.69, 9.17) is 27.1 Å². The van der Waals surface area contributed by atoms with Gasteiger partial charge >= 0.3 is 0 Å². The molecule has 3 N–H and O–H groups in total. The number of benzene rings is 1. The number of amides is 1. The number of aliphatic imine (C=N–C) groups is 1. The minimum absolute atomic E-state index is 0. The Morgan fingerprint density at radius 3 is 2.96 bits per heavy atom. The Morgan fingerprint density at radius 2 is 2.30 bits per heavy atom. The van der Waals surface area contributed by atoms with Gasteiger partial charge in [0.1, 0.15) is 11.9 Å². The highest BCUT2D eigenvalue weighted by Gasteiger charge is 2.23. The second-order valence-corrected chi connectivity index (χ2v) is 7.14. The van der Waals surface area contributed by atoms with Gasteiger partial charge in [0, 0.05) is 31.1 Å². The lowest BCUT2D eigenvalue weighted by Crippen LogP contribution is -2.47. The standard InChI is InChI=1S/C19H29ClN4O2.HI/c1-3-22-19(24-9-5-6-15(13-24)10-18(21)25)23-12-14(2)26-17-8-4-7-16(20)11-17;/h4,7-8,11,14-15H,3,5-6,9-10,12-13H2,1-2H3,(H2,21,25)(H,22,23);1H. The van der Waals surface area contributed by atoms with Gasteiger partial charge in [-0.25, -0.2) is 4.99 Å². The maximum absolute atomic E-state index is 11.2. The molecule has 8 heteroatoms. The summed E-state index contributed by atoms with van der Waals surface area (Å²) in [7, 11) is 0. The summed E-state index contributed by atoms with van der Waals surface area (Å²) in [6.07, 6.45) is 2.43. The Morgan fingerprint density at radius 1 is 1.52 bits per heavy atom. The van der Waals surface area contributed by atoms with E-state index in [-0.39, 0.29) is 36.0 Å². The molecule has 6 nitrogen and oxygen atoms in total. The molecule has 2 rings (SSSR count). The van der Waals surface area contributed by atoms with Gasteiger partial charge in [0.05, 0.1) is 6.54 Å². The number of piperidine rings is 1. The molecule has 0 aromatic heterocycles. The van der Waals surface area contributed by atoms with Gasteiger partial charge in [0.25, 0.3) is 0 Å². The van der Waals surface area contributed by atoms with E-state index in [1.807, 2.05) is 32.0 Å². The summed E-state index contributed by atoms with van der Waals surface area (Å²) in [5.41, 5.74) is 5.36. The average Bonchev–Trinajstić information content (AvgIpc) is 2.58. The number of guanidine groups is 1. The van der Waals surface area contributed by atoms with Crippen molar-refractivity contribution in [3.05, 3.63) is 29.3 Å². The Hall–Kier alpha value is -1.22. The molecular weight excluding hydrogens is 479 g/mol. The molecule has 1 fully saturated rings. The first-order valence-corrected chi connectivity index (χ1v) is 9.59. The third-order valence-electron chi connectivity index (χ3n) is 4.27. The highest BCUT2D eigenvalue weighted by molar-refractivity contribution is 14.0. The molecule has 1 amide bonds. The van der Waals surface area contributed by atoms with Crippen molar-refractivity contribution in [3.8, 4) is 5.75 Å². The number of primary amides is 1. The number of carbonyl (C=O) groups is 1. The summed E-state index contributed by atoms with van der Waals surface area (Å²) in [6, 6.07) is 7.37. The van der Waals surface area contributed by atoms with Crippen LogP contribution in [0.25, 0.3) is 0 Å². The third-order valence-corrected chi connectivity index (χ3v) is 4.51. The van der Waals surface area contributed by atoms with Crippen LogP contribution in [0, 0.1) is 5.92 Å². The van der Waals surface area contributed by atoms with Crippen molar-refractivity contribution >= 4 is 47.4 Å². The number of nitrogens with two attached hydrogens (primary N) is 1. The maximum atomic E-state index is 11.2. The maximum Gasteiger partial charge on any atom is 0.217 e. The van der Waals surface area contributed by atoms with Gasteiger partial charge in [0.2, 0.25) is 5.91 Å². The van der Waals surface area contributed by atoms with Crippen LogP contribution < -0.4 is 15.8 Å². The summed E-state index contributed by atoms with van der Waals surface area (Å²) in [5, 5.41) is 3.99. The summed E-state index contributed by atoms with van der Waals surface area (Å²) < 4.78 is 5.89. The van der Waals surface area contributed by atoms with Crippen molar-refractivity contribution in [2.45, 2.75) is 39.2 Å². The van der Waals surface area contributed by atoms with Crippen LogP contribution >= 0.6 is 35.6 Å². The summed E-state index contributed by atoms with van der Waals surface area (Å²) >= 11 is 5.99. The molecule has 1 aromatic carbocycles. The first-order chi connectivity index (χ1) is 12.5.